The first-order valence-corrected chi connectivity index (χ1v) is 13.4. The molecular weight excluding hydrogens is 1040 g/mol. The first-order valence-electron chi connectivity index (χ1n) is 12.0. The fraction of sp³-hybridized carbons (Fsp3) is 1.00. The molecule has 0 aromatic heterocycles. The van der Waals surface area contributed by atoms with Crippen molar-refractivity contribution in [1.29, 1.82) is 0 Å². The minimum absolute atomic E-state index is 0. The van der Waals surface area contributed by atoms with Gasteiger partial charge in [-0.25, -0.2) is 0 Å². The molecule has 0 aliphatic heterocycles. The molecule has 42 heteroatoms. The summed E-state index contributed by atoms with van der Waals surface area (Å²) in [6.45, 7) is 0. The van der Waals surface area contributed by atoms with Gasteiger partial charge < -0.3 is 2.85 Å². The molecule has 0 radical (unpaired) electrons. The normalized spacial score (nSPS) is 17.2. The van der Waals surface area contributed by atoms with Crippen molar-refractivity contribution in [3.05, 3.63) is 0 Å². The monoisotopic (exact) mass is 1040 g/mol. The van der Waals surface area contributed by atoms with Gasteiger partial charge >= 0.3 is 154 Å². The average molecular weight is 1040 g/mol. The largest absolute Gasteiger partial charge is 2.00 e. The Balaban J connectivity index is -0.00000561. The Labute approximate surface area is 332 Å². The molecule has 0 atom stereocenters. The summed E-state index contributed by atoms with van der Waals surface area (Å²) in [5.74, 6) is -161. The zero-order valence-electron chi connectivity index (χ0n) is 27.4. The van der Waals surface area contributed by atoms with Crippen molar-refractivity contribution in [1.82, 2.24) is 0 Å². The second-order valence-corrected chi connectivity index (χ2v) is 12.1. The van der Waals surface area contributed by atoms with Crippen LogP contribution in [0.4, 0.5) is 162 Å². The fourth-order valence-corrected chi connectivity index (χ4v) is 3.74. The van der Waals surface area contributed by atoms with E-state index in [1.54, 1.807) is 0 Å². The topological polar surface area (TPSA) is 54.4 Å². The summed E-state index contributed by atoms with van der Waals surface area (Å²) in [6.07, 6.45) is -8.49. The Morgan fingerprint density at radius 2 is 0.333 bits per heavy atom. The van der Waals surface area contributed by atoms with Crippen LogP contribution >= 0.6 is 0 Å². The number of rotatable bonds is 17. The van der Waals surface area contributed by atoms with Gasteiger partial charge in [-0.15, -0.1) is 0 Å². The maximum Gasteiger partial charge on any atom is 2.00 e. The maximum atomic E-state index is 13.9. The van der Waals surface area contributed by atoms with E-state index in [2.05, 4.69) is 0 Å². The van der Waals surface area contributed by atoms with Gasteiger partial charge in [-0.05, 0) is 0 Å². The molecule has 0 aliphatic carbocycles. The number of hydrogen-bond acceptors (Lipinski definition) is 2. The quantitative estimate of drug-likeness (QED) is 0.0897. The second-order valence-electron chi connectivity index (χ2n) is 10.7. The van der Waals surface area contributed by atoms with Crippen LogP contribution in [0.1, 0.15) is 2.85 Å². The first kappa shape index (κ1) is 60.7. The van der Waals surface area contributed by atoms with Crippen LogP contribution in [0.15, 0.2) is 0 Å². The zero-order valence-corrected chi connectivity index (χ0v) is 28.4. The van der Waals surface area contributed by atoms with E-state index in [9.17, 15) is 171 Å². The van der Waals surface area contributed by atoms with Crippen molar-refractivity contribution < 1.29 is 178 Å². The van der Waals surface area contributed by atoms with Crippen LogP contribution in [0.5, 0.6) is 0 Å². The molecule has 0 rings (SSSR count). The van der Waals surface area contributed by atoms with E-state index >= 15 is 0 Å². The molecule has 1 N–H and O–H groups in total. The predicted octanol–water partition coefficient (Wildman–Crippen LogP) is 11.0. The van der Waals surface area contributed by atoms with Crippen LogP contribution in [0.3, 0.4) is 0 Å². The fourth-order valence-electron chi connectivity index (χ4n) is 3.28. The van der Waals surface area contributed by atoms with E-state index in [1.165, 1.54) is 0 Å². The third-order valence-corrected chi connectivity index (χ3v) is 7.86. The Kier molecular flexibility index (Phi) is 14.7. The van der Waals surface area contributed by atoms with Gasteiger partial charge in [-0.3, -0.25) is 4.55 Å². The predicted molar refractivity (Wildman–Crippen MR) is 110 cm³/mol. The summed E-state index contributed by atoms with van der Waals surface area (Å²) < 4.78 is 526. The summed E-state index contributed by atoms with van der Waals surface area (Å²) >= 11 is 0. The van der Waals surface area contributed by atoms with Crippen LogP contribution in [0.2, 0.25) is 0 Å². The van der Waals surface area contributed by atoms with Crippen molar-refractivity contribution in [2.45, 2.75) is 106 Å². The number of hydrogen-bond donors (Lipinski definition) is 1. The van der Waals surface area contributed by atoms with Crippen LogP contribution in [-0.2, 0) is 10.1 Å². The standard InChI is InChI=1S/C18HF37O3S.Ca.2H/c19-1(20,3(23,24)5(27,28)7(31,32)9(35,36)11(39,40)13(43,44)15(47,48)17(51,52)53)2(21,22)4(25,26)6(29,30)8(33,34)10(37,38)12(41,42)14(45,46)16(49,50)18(54,55)59(56,57)58;;;/h(H,56,57,58);;;/q;+2;2*-1. The molecule has 0 saturated heterocycles. The molecule has 3 nitrogen and oxygen atoms in total. The summed E-state index contributed by atoms with van der Waals surface area (Å²) in [6, 6.07) is 0. The van der Waals surface area contributed by atoms with Crippen LogP contribution in [0, 0.1) is 0 Å². The van der Waals surface area contributed by atoms with Gasteiger partial charge in [0.05, 0.1) is 0 Å². The van der Waals surface area contributed by atoms with Gasteiger partial charge in [0.2, 0.25) is 0 Å². The van der Waals surface area contributed by atoms with Crippen molar-refractivity contribution >= 4 is 47.9 Å². The third-order valence-electron chi connectivity index (χ3n) is 6.96. The van der Waals surface area contributed by atoms with Crippen LogP contribution in [-0.4, -0.2) is 157 Å². The summed E-state index contributed by atoms with van der Waals surface area (Å²) in [4.78, 5) is 0. The molecule has 0 bridgehead atoms. The summed E-state index contributed by atoms with van der Waals surface area (Å²) in [5, 5.41) is -8.51. The molecule has 0 saturated carbocycles. The molecule has 0 amide bonds. The first-order chi connectivity index (χ1) is 24.5. The van der Waals surface area contributed by atoms with Crippen molar-refractivity contribution in [2.75, 3.05) is 0 Å². The van der Waals surface area contributed by atoms with Crippen molar-refractivity contribution in [2.24, 2.45) is 0 Å². The molecule has 0 aliphatic rings. The Morgan fingerprint density at radius 3 is 0.433 bits per heavy atom. The van der Waals surface area contributed by atoms with E-state index in [-0.39, 0.29) is 40.6 Å². The minimum Gasteiger partial charge on any atom is -1.00 e. The van der Waals surface area contributed by atoms with Gasteiger partial charge in [0, 0.05) is 0 Å². The van der Waals surface area contributed by atoms with E-state index in [1.807, 2.05) is 0 Å². The van der Waals surface area contributed by atoms with Gasteiger partial charge in [0.15, 0.2) is 0 Å². The Morgan fingerprint density at radius 1 is 0.233 bits per heavy atom. The molecule has 60 heavy (non-hydrogen) atoms. The molecule has 360 valence electrons. The van der Waals surface area contributed by atoms with Gasteiger partial charge in [-0.1, -0.05) is 0 Å². The zero-order chi connectivity index (χ0) is 49.5. The molecule has 0 aromatic carbocycles. The molecular formula is C18H3CaF37O3S. The summed E-state index contributed by atoms with van der Waals surface area (Å²) in [5.41, 5.74) is 0. The number of alkyl halides is 37. The maximum absolute atomic E-state index is 13.9. The Hall–Kier alpha value is -1.42. The van der Waals surface area contributed by atoms with E-state index in [0.29, 0.717) is 0 Å². The van der Waals surface area contributed by atoms with Crippen LogP contribution in [0.25, 0.3) is 0 Å². The molecule has 0 heterocycles. The van der Waals surface area contributed by atoms with Crippen molar-refractivity contribution in [3.8, 4) is 0 Å². The molecule has 0 unspecified atom stereocenters. The van der Waals surface area contributed by atoms with Gasteiger partial charge in [0.1, 0.15) is 0 Å². The molecule has 0 aromatic rings. The van der Waals surface area contributed by atoms with Crippen molar-refractivity contribution in [3.63, 3.8) is 0 Å². The molecule has 0 fully saturated rings. The van der Waals surface area contributed by atoms with Gasteiger partial charge in [-0.2, -0.15) is 171 Å². The Bertz CT molecular complexity index is 1700. The van der Waals surface area contributed by atoms with E-state index in [0.717, 1.165) is 0 Å². The van der Waals surface area contributed by atoms with Gasteiger partial charge in [0.25, 0.3) is 0 Å². The minimum atomic E-state index is -10.5. The van der Waals surface area contributed by atoms with E-state index < -0.39 is 116 Å². The third kappa shape index (κ3) is 6.78. The second kappa shape index (κ2) is 14.5. The average Bonchev–Trinajstić information content (AvgIpc) is 2.98. The smallest absolute Gasteiger partial charge is 1.00 e. The van der Waals surface area contributed by atoms with Crippen LogP contribution < -0.4 is 0 Å². The SMILES string of the molecule is O=S(=O)(O)C(F)(F)C(F)(F)C(F)(F)C(F)(F)C(F)(F)C(F)(F)C(F)(F)C(F)(F)C(F)(F)C(F)(F)C(F)(F)C(F)(F)C(F)(F)C(F)(F)C(F)(F)C(F)(F)C(F)(F)C(F)(F)F.[Ca+2].[H-].[H-]. The molecule has 0 spiro atoms. The van der Waals surface area contributed by atoms with E-state index in [4.69, 9.17) is 4.55 Å². The number of halogens is 37. The summed E-state index contributed by atoms with van der Waals surface area (Å²) in [7, 11) is -8.52.